The van der Waals surface area contributed by atoms with Crippen LogP contribution < -0.4 is 10.1 Å². The molecule has 0 saturated heterocycles. The highest BCUT2D eigenvalue weighted by Crippen LogP contribution is 2.22. The molecule has 1 heterocycles. The second-order valence-corrected chi connectivity index (χ2v) is 8.27. The molecule has 0 saturated carbocycles. The van der Waals surface area contributed by atoms with Crippen LogP contribution in [0.15, 0.2) is 84.0 Å². The summed E-state index contributed by atoms with van der Waals surface area (Å²) in [4.78, 5) is 22.7. The molecule has 0 unspecified atom stereocenters. The Kier molecular flexibility index (Phi) is 7.68. The number of thioether (sulfide) groups is 1. The zero-order valence-corrected chi connectivity index (χ0v) is 19.2. The molecule has 4 aromatic rings. The van der Waals surface area contributed by atoms with Crippen LogP contribution in [0.1, 0.15) is 11.4 Å². The van der Waals surface area contributed by atoms with Gasteiger partial charge in [-0.05, 0) is 29.8 Å². The first kappa shape index (κ1) is 23.9. The molecular weight excluding hydrogens is 473 g/mol. The van der Waals surface area contributed by atoms with Crippen LogP contribution >= 0.6 is 11.8 Å². The van der Waals surface area contributed by atoms with Crippen molar-refractivity contribution in [3.63, 3.8) is 0 Å². The Labute approximate surface area is 204 Å². The maximum atomic E-state index is 13.8. The first-order chi connectivity index (χ1) is 17.0. The first-order valence-electron chi connectivity index (χ1n) is 10.5. The van der Waals surface area contributed by atoms with E-state index in [1.54, 1.807) is 12.1 Å². The molecule has 9 nitrogen and oxygen atoms in total. The normalized spacial score (nSPS) is 10.7. The third-order valence-electron chi connectivity index (χ3n) is 4.87. The lowest BCUT2D eigenvalue weighted by Gasteiger charge is -2.11. The summed E-state index contributed by atoms with van der Waals surface area (Å²) in [6, 6.07) is 21.4. The lowest BCUT2D eigenvalue weighted by molar-refractivity contribution is -0.384. The standard InChI is InChI=1S/C24H20FN5O4S/c25-20-8-4-5-9-21(20)26-23(31)16-35-24-28-27-22(29(24)14-17-6-2-1-3-7-17)15-34-19-12-10-18(11-13-19)30(32)33/h1-13H,14-16H2,(H,26,31). The van der Waals surface area contributed by atoms with Crippen molar-refractivity contribution in [3.8, 4) is 5.75 Å². The number of nitro benzene ring substituents is 1. The third-order valence-corrected chi connectivity index (χ3v) is 5.84. The van der Waals surface area contributed by atoms with Crippen molar-refractivity contribution in [2.75, 3.05) is 11.1 Å². The van der Waals surface area contributed by atoms with Gasteiger partial charge in [0, 0.05) is 12.1 Å². The number of amides is 1. The molecule has 178 valence electrons. The van der Waals surface area contributed by atoms with Crippen molar-refractivity contribution in [1.29, 1.82) is 0 Å². The molecule has 0 radical (unpaired) electrons. The highest BCUT2D eigenvalue weighted by atomic mass is 32.2. The zero-order chi connectivity index (χ0) is 24.6. The molecule has 11 heteroatoms. The highest BCUT2D eigenvalue weighted by molar-refractivity contribution is 7.99. The first-order valence-corrected chi connectivity index (χ1v) is 11.5. The number of nitrogens with zero attached hydrogens (tertiary/aromatic N) is 4. The number of rotatable bonds is 10. The monoisotopic (exact) mass is 493 g/mol. The summed E-state index contributed by atoms with van der Waals surface area (Å²) in [7, 11) is 0. The van der Waals surface area contributed by atoms with E-state index in [-0.39, 0.29) is 29.6 Å². The third kappa shape index (κ3) is 6.42. The second-order valence-electron chi connectivity index (χ2n) is 7.33. The maximum absolute atomic E-state index is 13.8. The fraction of sp³-hybridized carbons (Fsp3) is 0.125. The van der Waals surface area contributed by atoms with Crippen LogP contribution in [0, 0.1) is 15.9 Å². The number of halogens is 1. The zero-order valence-electron chi connectivity index (χ0n) is 18.3. The summed E-state index contributed by atoms with van der Waals surface area (Å²) in [5.41, 5.74) is 1.08. The van der Waals surface area contributed by atoms with E-state index in [1.807, 2.05) is 34.9 Å². The molecule has 35 heavy (non-hydrogen) atoms. The van der Waals surface area contributed by atoms with E-state index < -0.39 is 10.7 Å². The number of carbonyl (C=O) groups is 1. The van der Waals surface area contributed by atoms with Crippen LogP contribution in [0.3, 0.4) is 0 Å². The molecule has 1 amide bonds. The van der Waals surface area contributed by atoms with Gasteiger partial charge in [0.25, 0.3) is 5.69 Å². The van der Waals surface area contributed by atoms with Gasteiger partial charge in [0.05, 0.1) is 22.9 Å². The summed E-state index contributed by atoms with van der Waals surface area (Å²) in [5.74, 6) is 0.0825. The van der Waals surface area contributed by atoms with E-state index in [4.69, 9.17) is 4.74 Å². The van der Waals surface area contributed by atoms with Crippen LogP contribution in [0.5, 0.6) is 5.75 Å². The van der Waals surface area contributed by atoms with Gasteiger partial charge in [-0.15, -0.1) is 10.2 Å². The molecule has 3 aromatic carbocycles. The van der Waals surface area contributed by atoms with Gasteiger partial charge < -0.3 is 10.1 Å². The van der Waals surface area contributed by atoms with Crippen molar-refractivity contribution in [3.05, 3.63) is 106 Å². The Balaban J connectivity index is 1.46. The fourth-order valence-electron chi connectivity index (χ4n) is 3.15. The smallest absolute Gasteiger partial charge is 0.269 e. The topological polar surface area (TPSA) is 112 Å². The molecule has 0 aliphatic rings. The van der Waals surface area contributed by atoms with Gasteiger partial charge in [0.15, 0.2) is 11.0 Å². The quantitative estimate of drug-likeness (QED) is 0.194. The van der Waals surface area contributed by atoms with Crippen molar-refractivity contribution in [1.82, 2.24) is 14.8 Å². The molecule has 1 aromatic heterocycles. The number of nitro groups is 1. The number of hydrogen-bond acceptors (Lipinski definition) is 7. The van der Waals surface area contributed by atoms with Gasteiger partial charge in [0.2, 0.25) is 5.91 Å². The number of hydrogen-bond donors (Lipinski definition) is 1. The molecule has 0 spiro atoms. The molecule has 0 atom stereocenters. The number of para-hydroxylation sites is 1. The Hall–Kier alpha value is -4.25. The van der Waals surface area contributed by atoms with Crippen molar-refractivity contribution < 1.29 is 18.8 Å². The minimum Gasteiger partial charge on any atom is -0.486 e. The average molecular weight is 494 g/mol. The van der Waals surface area contributed by atoms with Gasteiger partial charge in [0.1, 0.15) is 18.2 Å². The number of benzene rings is 3. The van der Waals surface area contributed by atoms with Gasteiger partial charge in [-0.2, -0.15) is 0 Å². The predicted octanol–water partition coefficient (Wildman–Crippen LogP) is 4.68. The highest BCUT2D eigenvalue weighted by Gasteiger charge is 2.16. The number of ether oxygens (including phenoxy) is 1. The van der Waals surface area contributed by atoms with E-state index in [2.05, 4.69) is 15.5 Å². The van der Waals surface area contributed by atoms with Crippen LogP contribution in [0.25, 0.3) is 0 Å². The number of carbonyl (C=O) groups excluding carboxylic acids is 1. The van der Waals surface area contributed by atoms with Crippen LogP contribution in [-0.4, -0.2) is 31.3 Å². The number of anilines is 1. The average Bonchev–Trinajstić information content (AvgIpc) is 3.25. The van der Waals surface area contributed by atoms with Gasteiger partial charge >= 0.3 is 0 Å². The van der Waals surface area contributed by atoms with Gasteiger partial charge in [-0.25, -0.2) is 4.39 Å². The minimum atomic E-state index is -0.510. The second kappa shape index (κ2) is 11.3. The number of aromatic nitrogens is 3. The Morgan fingerprint density at radius 3 is 2.46 bits per heavy atom. The van der Waals surface area contributed by atoms with Gasteiger partial charge in [-0.1, -0.05) is 54.2 Å². The summed E-state index contributed by atoms with van der Waals surface area (Å²) >= 11 is 1.17. The van der Waals surface area contributed by atoms with E-state index in [0.29, 0.717) is 23.3 Å². The largest absolute Gasteiger partial charge is 0.486 e. The van der Waals surface area contributed by atoms with E-state index in [0.717, 1.165) is 5.56 Å². The minimum absolute atomic E-state index is 0.00443. The number of nitrogens with one attached hydrogen (secondary N) is 1. The summed E-state index contributed by atoms with van der Waals surface area (Å²) < 4.78 is 21.4. The van der Waals surface area contributed by atoms with Crippen LogP contribution in [-0.2, 0) is 17.9 Å². The lowest BCUT2D eigenvalue weighted by Crippen LogP contribution is -2.16. The summed E-state index contributed by atoms with van der Waals surface area (Å²) in [5, 5.41) is 22.3. The van der Waals surface area contributed by atoms with Gasteiger partial charge in [-0.3, -0.25) is 19.5 Å². The molecule has 1 N–H and O–H groups in total. The molecule has 0 aliphatic carbocycles. The predicted molar refractivity (Wildman–Crippen MR) is 129 cm³/mol. The van der Waals surface area contributed by atoms with Crippen LogP contribution in [0.4, 0.5) is 15.8 Å². The van der Waals surface area contributed by atoms with E-state index >= 15 is 0 Å². The Morgan fingerprint density at radius 1 is 1.03 bits per heavy atom. The van der Waals surface area contributed by atoms with Crippen molar-refractivity contribution in [2.45, 2.75) is 18.3 Å². The maximum Gasteiger partial charge on any atom is 0.269 e. The van der Waals surface area contributed by atoms with Crippen LogP contribution in [0.2, 0.25) is 0 Å². The Bertz CT molecular complexity index is 1320. The SMILES string of the molecule is O=C(CSc1nnc(COc2ccc([N+](=O)[O-])cc2)n1Cc1ccccc1)Nc1ccccc1F. The van der Waals surface area contributed by atoms with Crippen molar-refractivity contribution in [2.24, 2.45) is 0 Å². The van der Waals surface area contributed by atoms with Crippen molar-refractivity contribution >= 4 is 29.0 Å². The summed E-state index contributed by atoms with van der Waals surface area (Å²) in [6.07, 6.45) is 0. The number of non-ortho nitro benzene ring substituents is 1. The molecule has 0 aliphatic heterocycles. The molecule has 0 fully saturated rings. The Morgan fingerprint density at radius 2 is 1.74 bits per heavy atom. The fourth-order valence-corrected chi connectivity index (χ4v) is 3.90. The lowest BCUT2D eigenvalue weighted by atomic mass is 10.2. The molecule has 0 bridgehead atoms. The van der Waals surface area contributed by atoms with E-state index in [9.17, 15) is 19.3 Å². The molecule has 4 rings (SSSR count). The summed E-state index contributed by atoms with van der Waals surface area (Å²) in [6.45, 7) is 0.518. The molecular formula is C24H20FN5O4S. The van der Waals surface area contributed by atoms with E-state index in [1.165, 1.54) is 48.2 Å².